The van der Waals surface area contributed by atoms with Gasteiger partial charge in [-0.05, 0) is 84.7 Å². The Kier molecular flexibility index (Phi) is 9.75. The highest BCUT2D eigenvalue weighted by Crippen LogP contribution is 2.38. The molecule has 0 atom stereocenters. The Morgan fingerprint density at radius 1 is 1.00 bits per heavy atom. The molecule has 2 aromatic rings. The first kappa shape index (κ1) is 25.2. The van der Waals surface area contributed by atoms with E-state index in [1.54, 1.807) is 6.92 Å². The van der Waals surface area contributed by atoms with Crippen LogP contribution in [0.4, 0.5) is 0 Å². The number of aliphatic hydroxyl groups is 1. The van der Waals surface area contributed by atoms with Crippen LogP contribution in [-0.4, -0.2) is 17.7 Å². The van der Waals surface area contributed by atoms with Gasteiger partial charge in [-0.25, -0.2) is 4.79 Å². The molecule has 3 nitrogen and oxygen atoms in total. The Bertz CT molecular complexity index is 905. The molecule has 1 aliphatic carbocycles. The van der Waals surface area contributed by atoms with E-state index in [1.807, 2.05) is 6.07 Å². The summed E-state index contributed by atoms with van der Waals surface area (Å²) in [5.41, 5.74) is 6.04. The second-order valence-electron chi connectivity index (χ2n) is 9.65. The topological polar surface area (TPSA) is 46.5 Å². The maximum Gasteiger partial charge on any atom is 0.333 e. The van der Waals surface area contributed by atoms with E-state index in [-0.39, 0.29) is 19.2 Å². The lowest BCUT2D eigenvalue weighted by Gasteiger charge is -2.29. The lowest BCUT2D eigenvalue weighted by molar-refractivity contribution is -0.140. The summed E-state index contributed by atoms with van der Waals surface area (Å²) in [6, 6.07) is 15.2. The highest BCUT2D eigenvalue weighted by Gasteiger charge is 2.22. The lowest BCUT2D eigenvalue weighted by atomic mass is 9.77. The number of carbonyl (C=O) groups is 1. The smallest absolute Gasteiger partial charge is 0.333 e. The first-order chi connectivity index (χ1) is 16.0. The third-order valence-electron chi connectivity index (χ3n) is 7.07. The Balaban J connectivity index is 1.65. The molecule has 1 fully saturated rings. The van der Waals surface area contributed by atoms with E-state index in [0.29, 0.717) is 17.9 Å². The summed E-state index contributed by atoms with van der Waals surface area (Å²) in [6.45, 7) is 7.83. The van der Waals surface area contributed by atoms with Gasteiger partial charge in [0.25, 0.3) is 0 Å². The van der Waals surface area contributed by atoms with E-state index in [4.69, 9.17) is 4.74 Å². The normalized spacial score (nSPS) is 18.2. The third kappa shape index (κ3) is 7.30. The number of carbonyl (C=O) groups excluding carboxylic acids is 1. The fourth-order valence-corrected chi connectivity index (χ4v) is 4.99. The zero-order valence-electron chi connectivity index (χ0n) is 20.4. The molecule has 33 heavy (non-hydrogen) atoms. The van der Waals surface area contributed by atoms with E-state index >= 15 is 0 Å². The Labute approximate surface area is 199 Å². The predicted octanol–water partition coefficient (Wildman–Crippen LogP) is 7.36. The number of benzene rings is 2. The molecule has 0 aliphatic heterocycles. The molecule has 0 saturated heterocycles. The molecule has 0 aromatic heterocycles. The number of aliphatic hydroxyl groups excluding tert-OH is 1. The van der Waals surface area contributed by atoms with Crippen molar-refractivity contribution in [3.8, 4) is 11.1 Å². The zero-order valence-corrected chi connectivity index (χ0v) is 20.4. The van der Waals surface area contributed by atoms with Crippen molar-refractivity contribution < 1.29 is 14.6 Å². The van der Waals surface area contributed by atoms with Crippen LogP contribution in [0.25, 0.3) is 11.1 Å². The molecule has 0 unspecified atom stereocenters. The summed E-state index contributed by atoms with van der Waals surface area (Å²) in [7, 11) is 0. The van der Waals surface area contributed by atoms with E-state index in [1.165, 1.54) is 56.9 Å². The van der Waals surface area contributed by atoms with Gasteiger partial charge in [0, 0.05) is 12.2 Å². The van der Waals surface area contributed by atoms with Gasteiger partial charge in [0.1, 0.15) is 6.61 Å². The molecule has 0 heterocycles. The third-order valence-corrected chi connectivity index (χ3v) is 7.07. The molecular weight excluding hydrogens is 408 g/mol. The van der Waals surface area contributed by atoms with Crippen molar-refractivity contribution >= 4 is 5.97 Å². The molecule has 3 heteroatoms. The molecule has 2 aromatic carbocycles. The summed E-state index contributed by atoms with van der Waals surface area (Å²) in [4.78, 5) is 11.8. The predicted molar refractivity (Wildman–Crippen MR) is 136 cm³/mol. The molecule has 1 aliphatic rings. The van der Waals surface area contributed by atoms with Crippen molar-refractivity contribution in [2.24, 2.45) is 5.92 Å². The first-order valence-corrected chi connectivity index (χ1v) is 12.7. The maximum absolute atomic E-state index is 11.8. The van der Waals surface area contributed by atoms with Crippen LogP contribution in [-0.2, 0) is 22.6 Å². The standard InChI is InChI=1S/C30H40O3/c1-4-5-6-7-23-8-10-24(11-9-23)25-12-14-26(15-13-25)28-17-16-27(18-19-31)29(20-28)21-33-30(32)22(2)3/h12-17,20,23-24,31H,2,4-11,18-19,21H2,1,3H3. The molecule has 178 valence electrons. The quantitative estimate of drug-likeness (QED) is 0.222. The summed E-state index contributed by atoms with van der Waals surface area (Å²) in [5.74, 6) is 1.23. The minimum absolute atomic E-state index is 0.0658. The van der Waals surface area contributed by atoms with Crippen LogP contribution < -0.4 is 0 Å². The molecule has 0 radical (unpaired) electrons. The number of hydrogen-bond acceptors (Lipinski definition) is 3. The average molecular weight is 449 g/mol. The van der Waals surface area contributed by atoms with Gasteiger partial charge in [-0.1, -0.05) is 75.6 Å². The molecule has 3 rings (SSSR count). The fraction of sp³-hybridized carbons (Fsp3) is 0.500. The number of unbranched alkanes of at least 4 members (excludes halogenated alkanes) is 2. The van der Waals surface area contributed by atoms with Gasteiger partial charge in [-0.3, -0.25) is 0 Å². The van der Waals surface area contributed by atoms with E-state index < -0.39 is 0 Å². The minimum Gasteiger partial charge on any atom is -0.457 e. The van der Waals surface area contributed by atoms with Crippen LogP contribution in [0.1, 0.15) is 87.8 Å². The molecule has 0 bridgehead atoms. The van der Waals surface area contributed by atoms with Crippen molar-refractivity contribution in [2.75, 3.05) is 6.61 Å². The average Bonchev–Trinajstić information content (AvgIpc) is 2.84. The van der Waals surface area contributed by atoms with Gasteiger partial charge in [-0.15, -0.1) is 0 Å². The van der Waals surface area contributed by atoms with Crippen LogP contribution in [0, 0.1) is 5.92 Å². The Morgan fingerprint density at radius 2 is 1.70 bits per heavy atom. The monoisotopic (exact) mass is 448 g/mol. The second kappa shape index (κ2) is 12.7. The maximum atomic E-state index is 11.8. The van der Waals surface area contributed by atoms with Crippen molar-refractivity contribution in [1.29, 1.82) is 0 Å². The van der Waals surface area contributed by atoms with Gasteiger partial charge < -0.3 is 9.84 Å². The van der Waals surface area contributed by atoms with Gasteiger partial charge in [0.05, 0.1) is 0 Å². The van der Waals surface area contributed by atoms with E-state index in [0.717, 1.165) is 28.2 Å². The van der Waals surface area contributed by atoms with Gasteiger partial charge in [0.15, 0.2) is 0 Å². The highest BCUT2D eigenvalue weighted by atomic mass is 16.5. The second-order valence-corrected chi connectivity index (χ2v) is 9.65. The van der Waals surface area contributed by atoms with Crippen LogP contribution in [0.2, 0.25) is 0 Å². The first-order valence-electron chi connectivity index (χ1n) is 12.7. The summed E-state index contributed by atoms with van der Waals surface area (Å²) in [5, 5.41) is 9.40. The van der Waals surface area contributed by atoms with Crippen LogP contribution in [0.15, 0.2) is 54.6 Å². The SMILES string of the molecule is C=C(C)C(=O)OCc1cc(-c2ccc(C3CCC(CCCCC)CC3)cc2)ccc1CCO. The van der Waals surface area contributed by atoms with E-state index in [9.17, 15) is 9.90 Å². The van der Waals surface area contributed by atoms with Crippen LogP contribution >= 0.6 is 0 Å². The van der Waals surface area contributed by atoms with Crippen molar-refractivity contribution in [2.45, 2.75) is 84.2 Å². The Morgan fingerprint density at radius 3 is 2.33 bits per heavy atom. The van der Waals surface area contributed by atoms with Gasteiger partial charge >= 0.3 is 5.97 Å². The molecule has 0 amide bonds. The number of ether oxygens (including phenoxy) is 1. The molecule has 1 N–H and O–H groups in total. The van der Waals surface area contributed by atoms with Gasteiger partial charge in [-0.2, -0.15) is 0 Å². The van der Waals surface area contributed by atoms with Crippen molar-refractivity contribution in [3.63, 3.8) is 0 Å². The molecule has 1 saturated carbocycles. The number of hydrogen-bond donors (Lipinski definition) is 1. The highest BCUT2D eigenvalue weighted by molar-refractivity contribution is 5.86. The van der Waals surface area contributed by atoms with Gasteiger partial charge in [0.2, 0.25) is 0 Å². The molecule has 0 spiro atoms. The summed E-state index contributed by atoms with van der Waals surface area (Å²) < 4.78 is 5.39. The molecular formula is C30H40O3. The van der Waals surface area contributed by atoms with E-state index in [2.05, 4.69) is 49.9 Å². The lowest BCUT2D eigenvalue weighted by Crippen LogP contribution is -2.13. The number of rotatable bonds is 11. The summed E-state index contributed by atoms with van der Waals surface area (Å²) in [6.07, 6.45) is 11.4. The number of esters is 1. The largest absolute Gasteiger partial charge is 0.457 e. The minimum atomic E-state index is -0.389. The Hall–Kier alpha value is -2.39. The van der Waals surface area contributed by atoms with Crippen LogP contribution in [0.3, 0.4) is 0 Å². The fourth-order valence-electron chi connectivity index (χ4n) is 4.99. The zero-order chi connectivity index (χ0) is 23.6. The van der Waals surface area contributed by atoms with Crippen molar-refractivity contribution in [1.82, 2.24) is 0 Å². The van der Waals surface area contributed by atoms with Crippen molar-refractivity contribution in [3.05, 3.63) is 71.3 Å². The summed E-state index contributed by atoms with van der Waals surface area (Å²) >= 11 is 0. The van der Waals surface area contributed by atoms with Crippen LogP contribution in [0.5, 0.6) is 0 Å².